The number of methoxy groups -OCH3 is 1. The van der Waals surface area contributed by atoms with E-state index >= 15 is 0 Å². The minimum absolute atomic E-state index is 0.152. The highest BCUT2D eigenvalue weighted by Gasteiger charge is 2.33. The molecule has 0 saturated heterocycles. The van der Waals surface area contributed by atoms with Gasteiger partial charge in [0.2, 0.25) is 0 Å². The molecule has 1 N–H and O–H groups in total. The number of ether oxygens (including phenoxy) is 1. The molecule has 0 saturated carbocycles. The van der Waals surface area contributed by atoms with Crippen molar-refractivity contribution in [3.63, 3.8) is 0 Å². The number of tetrazole rings is 1. The summed E-state index contributed by atoms with van der Waals surface area (Å²) in [5.41, 5.74) is 5.28. The van der Waals surface area contributed by atoms with Gasteiger partial charge in [0, 0.05) is 18.7 Å². The summed E-state index contributed by atoms with van der Waals surface area (Å²) in [5.74, 6) is 1.41. The maximum Gasteiger partial charge on any atom is 0.253 e. The topological polar surface area (TPSA) is 88.9 Å². The zero-order valence-electron chi connectivity index (χ0n) is 24.0. The van der Waals surface area contributed by atoms with E-state index in [2.05, 4.69) is 89.5 Å². The van der Waals surface area contributed by atoms with Crippen molar-refractivity contribution in [2.45, 2.75) is 59.3 Å². The molecule has 1 atom stereocenters. The number of fused-ring (bicyclic) bond motifs is 1. The molecule has 0 bridgehead atoms. The molecule has 8 heteroatoms. The van der Waals surface area contributed by atoms with Crippen LogP contribution in [0.25, 0.3) is 10.9 Å². The zero-order valence-corrected chi connectivity index (χ0v) is 24.0. The van der Waals surface area contributed by atoms with Crippen LogP contribution in [0.4, 0.5) is 0 Å². The Morgan fingerprint density at radius 1 is 0.950 bits per heavy atom. The second-order valence-corrected chi connectivity index (χ2v) is 11.4. The smallest absolute Gasteiger partial charge is 0.253 e. The molecule has 0 aliphatic rings. The lowest BCUT2D eigenvalue weighted by molar-refractivity contribution is 0.184. The molecule has 2 aromatic heterocycles. The first-order valence-corrected chi connectivity index (χ1v) is 13.5. The lowest BCUT2D eigenvalue weighted by Gasteiger charge is -2.33. The summed E-state index contributed by atoms with van der Waals surface area (Å²) in [6.07, 6.45) is 0. The molecule has 3 aromatic carbocycles. The van der Waals surface area contributed by atoms with Crippen molar-refractivity contribution in [3.8, 4) is 5.75 Å². The van der Waals surface area contributed by atoms with E-state index in [-0.39, 0.29) is 5.56 Å². The Kier molecular flexibility index (Phi) is 7.54. The van der Waals surface area contributed by atoms with E-state index in [9.17, 15) is 4.79 Å². The van der Waals surface area contributed by atoms with Gasteiger partial charge in [-0.15, -0.1) is 5.10 Å². The predicted octanol–water partition coefficient (Wildman–Crippen LogP) is 5.69. The largest absolute Gasteiger partial charge is 0.497 e. The van der Waals surface area contributed by atoms with Gasteiger partial charge < -0.3 is 9.72 Å². The number of aromatic amines is 1. The summed E-state index contributed by atoms with van der Waals surface area (Å²) in [6.45, 7) is 11.4. The predicted molar refractivity (Wildman–Crippen MR) is 157 cm³/mol. The summed E-state index contributed by atoms with van der Waals surface area (Å²) in [7, 11) is 1.66. The Morgan fingerprint density at radius 2 is 1.62 bits per heavy atom. The van der Waals surface area contributed by atoms with Crippen LogP contribution in [0.5, 0.6) is 5.75 Å². The van der Waals surface area contributed by atoms with Gasteiger partial charge in [0.25, 0.3) is 5.56 Å². The highest BCUT2D eigenvalue weighted by Crippen LogP contribution is 2.32. The van der Waals surface area contributed by atoms with Crippen LogP contribution in [0.3, 0.4) is 0 Å². The van der Waals surface area contributed by atoms with Gasteiger partial charge in [0.05, 0.1) is 18.2 Å². The number of nitrogens with zero attached hydrogens (tertiary/aromatic N) is 5. The number of nitrogens with one attached hydrogen (secondary N) is 1. The van der Waals surface area contributed by atoms with Gasteiger partial charge in [-0.1, -0.05) is 54.1 Å². The maximum atomic E-state index is 13.9. The molecule has 206 valence electrons. The van der Waals surface area contributed by atoms with Gasteiger partial charge in [-0.05, 0) is 91.4 Å². The number of rotatable bonds is 8. The van der Waals surface area contributed by atoms with Crippen molar-refractivity contribution < 1.29 is 4.74 Å². The van der Waals surface area contributed by atoms with Crippen LogP contribution in [0.1, 0.15) is 60.5 Å². The molecular formula is C32H36N6O2. The summed E-state index contributed by atoms with van der Waals surface area (Å²) < 4.78 is 7.21. The molecule has 8 nitrogen and oxygen atoms in total. The maximum absolute atomic E-state index is 13.9. The van der Waals surface area contributed by atoms with Crippen LogP contribution in [-0.2, 0) is 18.6 Å². The number of benzene rings is 3. The average molecular weight is 537 g/mol. The minimum atomic E-state index is -0.523. The Balaban J connectivity index is 1.73. The molecule has 0 amide bonds. The third-order valence-corrected chi connectivity index (χ3v) is 7.13. The van der Waals surface area contributed by atoms with Gasteiger partial charge in [-0.25, -0.2) is 4.68 Å². The number of hydrogen-bond acceptors (Lipinski definition) is 6. The quantitative estimate of drug-likeness (QED) is 0.274. The first kappa shape index (κ1) is 27.3. The lowest BCUT2D eigenvalue weighted by atomic mass is 9.98. The fourth-order valence-electron chi connectivity index (χ4n) is 5.27. The van der Waals surface area contributed by atoms with Crippen molar-refractivity contribution in [2.75, 3.05) is 7.11 Å². The number of pyridine rings is 1. The summed E-state index contributed by atoms with van der Waals surface area (Å²) in [5, 5.41) is 14.0. The van der Waals surface area contributed by atoms with E-state index in [1.807, 2.05) is 48.0 Å². The second kappa shape index (κ2) is 11.1. The third-order valence-electron chi connectivity index (χ3n) is 7.13. The summed E-state index contributed by atoms with van der Waals surface area (Å²) in [6, 6.07) is 24.0. The number of H-pyrrole nitrogens is 1. The van der Waals surface area contributed by atoms with E-state index in [4.69, 9.17) is 4.74 Å². The van der Waals surface area contributed by atoms with Crippen LogP contribution in [0.2, 0.25) is 0 Å². The van der Waals surface area contributed by atoms with Crippen LogP contribution in [0, 0.1) is 13.8 Å². The van der Waals surface area contributed by atoms with Crippen molar-refractivity contribution in [3.05, 3.63) is 117 Å². The van der Waals surface area contributed by atoms with E-state index in [1.54, 1.807) is 7.11 Å². The normalized spacial score (nSPS) is 12.7. The van der Waals surface area contributed by atoms with Gasteiger partial charge in [-0.2, -0.15) is 0 Å². The average Bonchev–Trinajstić information content (AvgIpc) is 3.41. The minimum Gasteiger partial charge on any atom is -0.497 e. The molecule has 0 unspecified atom stereocenters. The molecule has 5 rings (SSSR count). The zero-order chi connectivity index (χ0) is 28.4. The number of aryl methyl sites for hydroxylation is 2. The highest BCUT2D eigenvalue weighted by atomic mass is 16.5. The van der Waals surface area contributed by atoms with Gasteiger partial charge in [0.1, 0.15) is 11.8 Å². The monoisotopic (exact) mass is 536 g/mol. The van der Waals surface area contributed by atoms with Crippen molar-refractivity contribution in [1.29, 1.82) is 0 Å². The highest BCUT2D eigenvalue weighted by molar-refractivity contribution is 5.83. The van der Waals surface area contributed by atoms with Crippen LogP contribution in [-0.4, -0.2) is 37.2 Å². The SMILES string of the molecule is COc1ccc(CN(Cc2ccccc2)[C@@H](c2cc3cc(C)cc(C)c3[nH]c2=O)c2nnnn2C(C)(C)C)cc1. The Labute approximate surface area is 234 Å². The second-order valence-electron chi connectivity index (χ2n) is 11.4. The summed E-state index contributed by atoms with van der Waals surface area (Å²) >= 11 is 0. The van der Waals surface area contributed by atoms with Gasteiger partial charge in [0.15, 0.2) is 5.82 Å². The first-order valence-electron chi connectivity index (χ1n) is 13.5. The number of hydrogen-bond donors (Lipinski definition) is 1. The van der Waals surface area contributed by atoms with Crippen molar-refractivity contribution in [2.24, 2.45) is 0 Å². The molecule has 0 spiro atoms. The fourth-order valence-corrected chi connectivity index (χ4v) is 5.27. The molecule has 0 radical (unpaired) electrons. The Bertz CT molecular complexity index is 1670. The lowest BCUT2D eigenvalue weighted by Crippen LogP contribution is -2.37. The third kappa shape index (κ3) is 5.67. The molecular weight excluding hydrogens is 500 g/mol. The molecule has 5 aromatic rings. The molecule has 40 heavy (non-hydrogen) atoms. The van der Waals surface area contributed by atoms with Crippen LogP contribution >= 0.6 is 0 Å². The van der Waals surface area contributed by atoms with Crippen molar-refractivity contribution >= 4 is 10.9 Å². The standard InChI is InChI=1S/C32H36N6O2/c1-21-16-22(2)28-25(17-21)18-27(31(39)33-28)29(30-34-35-36-38(30)32(3,4)5)37(19-23-10-8-7-9-11-23)20-24-12-14-26(40-6)15-13-24/h7-18,29H,19-20H2,1-6H3,(H,33,39)/t29-/m0/s1. The van der Waals surface area contributed by atoms with Gasteiger partial charge in [-0.3, -0.25) is 9.69 Å². The first-order chi connectivity index (χ1) is 19.1. The Hall–Kier alpha value is -4.30. The fraction of sp³-hybridized carbons (Fsp3) is 0.312. The van der Waals surface area contributed by atoms with E-state index < -0.39 is 11.6 Å². The van der Waals surface area contributed by atoms with Crippen LogP contribution < -0.4 is 10.3 Å². The molecule has 0 aliphatic heterocycles. The van der Waals surface area contributed by atoms with Crippen LogP contribution in [0.15, 0.2) is 77.6 Å². The van der Waals surface area contributed by atoms with E-state index in [1.165, 1.54) is 0 Å². The number of aromatic nitrogens is 5. The summed E-state index contributed by atoms with van der Waals surface area (Å²) in [4.78, 5) is 19.3. The van der Waals surface area contributed by atoms with E-state index in [0.29, 0.717) is 24.5 Å². The molecule has 0 fully saturated rings. The van der Waals surface area contributed by atoms with Crippen molar-refractivity contribution in [1.82, 2.24) is 30.1 Å². The molecule has 0 aliphatic carbocycles. The van der Waals surface area contributed by atoms with Gasteiger partial charge >= 0.3 is 0 Å². The Morgan fingerprint density at radius 3 is 2.27 bits per heavy atom. The van der Waals surface area contributed by atoms with E-state index in [0.717, 1.165) is 38.9 Å². The molecule has 2 heterocycles.